The fourth-order valence-corrected chi connectivity index (χ4v) is 2.51. The number of anilines is 2. The summed E-state index contributed by atoms with van der Waals surface area (Å²) in [6.07, 6.45) is 0. The first-order chi connectivity index (χ1) is 10.5. The molecule has 0 amide bonds. The zero-order valence-electron chi connectivity index (χ0n) is 12.6. The summed E-state index contributed by atoms with van der Waals surface area (Å²) in [6.45, 7) is 4.80. The van der Waals surface area contributed by atoms with Gasteiger partial charge in [-0.15, -0.1) is 11.3 Å². The minimum absolute atomic E-state index is 0.0340. The number of thiazole rings is 1. The lowest BCUT2D eigenvalue weighted by Crippen LogP contribution is -2.06. The number of nitrogens with one attached hydrogen (secondary N) is 2. The van der Waals surface area contributed by atoms with Crippen LogP contribution in [0, 0.1) is 11.3 Å². The summed E-state index contributed by atoms with van der Waals surface area (Å²) >= 11 is 7.44. The van der Waals surface area contributed by atoms with Crippen LogP contribution in [0.2, 0.25) is 5.02 Å². The van der Waals surface area contributed by atoms with E-state index in [4.69, 9.17) is 26.5 Å². The summed E-state index contributed by atoms with van der Waals surface area (Å²) in [4.78, 5) is 4.30. The number of hydrogen-bond donors (Lipinski definition) is 2. The number of benzene rings is 1. The molecule has 0 fully saturated rings. The molecule has 22 heavy (non-hydrogen) atoms. The number of methoxy groups -OCH3 is 1. The average molecular weight is 340 g/mol. The van der Waals surface area contributed by atoms with Gasteiger partial charge < -0.3 is 14.8 Å². The maximum Gasteiger partial charge on any atom is 0.233 e. The van der Waals surface area contributed by atoms with E-state index in [1.54, 1.807) is 17.5 Å². The Morgan fingerprint density at radius 1 is 1.45 bits per heavy atom. The van der Waals surface area contributed by atoms with Crippen molar-refractivity contribution in [2.24, 2.45) is 5.92 Å². The van der Waals surface area contributed by atoms with Gasteiger partial charge in [0.2, 0.25) is 5.90 Å². The highest BCUT2D eigenvalue weighted by molar-refractivity contribution is 7.14. The Morgan fingerprint density at radius 3 is 2.91 bits per heavy atom. The van der Waals surface area contributed by atoms with E-state index < -0.39 is 0 Å². The Kier molecular flexibility index (Phi) is 5.63. The molecule has 0 atom stereocenters. The second-order valence-corrected chi connectivity index (χ2v) is 6.34. The molecule has 0 saturated heterocycles. The molecule has 5 nitrogen and oxygen atoms in total. The first kappa shape index (κ1) is 16.6. The Hall–Kier alpha value is -1.79. The molecule has 0 spiro atoms. The standard InChI is InChI=1S/C15H18ClN3O2S/c1-9(2)7-21-13-5-4-10(16)6-11(13)18-15-19-12(8-22-15)14(17)20-3/h4-6,8-9,17H,7H2,1-3H3,(H,18,19). The molecule has 118 valence electrons. The van der Waals surface area contributed by atoms with Gasteiger partial charge in [0.25, 0.3) is 0 Å². The quantitative estimate of drug-likeness (QED) is 0.598. The molecule has 0 saturated carbocycles. The fourth-order valence-electron chi connectivity index (χ4n) is 1.64. The van der Waals surface area contributed by atoms with Gasteiger partial charge in [0.05, 0.1) is 19.4 Å². The predicted molar refractivity (Wildman–Crippen MR) is 91.0 cm³/mol. The Balaban J connectivity index is 2.18. The molecule has 2 N–H and O–H groups in total. The van der Waals surface area contributed by atoms with Crippen molar-refractivity contribution in [2.75, 3.05) is 19.0 Å². The Bertz CT molecular complexity index is 658. The van der Waals surface area contributed by atoms with Crippen molar-refractivity contribution in [1.29, 1.82) is 5.41 Å². The third-order valence-corrected chi connectivity index (χ3v) is 3.69. The number of hydrogen-bond acceptors (Lipinski definition) is 6. The van der Waals surface area contributed by atoms with Crippen LogP contribution >= 0.6 is 22.9 Å². The Morgan fingerprint density at radius 2 is 2.23 bits per heavy atom. The van der Waals surface area contributed by atoms with Crippen molar-refractivity contribution in [3.63, 3.8) is 0 Å². The van der Waals surface area contributed by atoms with Crippen LogP contribution in [0.25, 0.3) is 0 Å². The first-order valence-corrected chi connectivity index (χ1v) is 8.03. The van der Waals surface area contributed by atoms with Gasteiger partial charge in [0, 0.05) is 10.4 Å². The van der Waals surface area contributed by atoms with E-state index in [-0.39, 0.29) is 5.90 Å². The highest BCUT2D eigenvalue weighted by Gasteiger charge is 2.11. The van der Waals surface area contributed by atoms with Gasteiger partial charge in [-0.25, -0.2) is 4.98 Å². The van der Waals surface area contributed by atoms with E-state index in [1.807, 2.05) is 6.07 Å². The van der Waals surface area contributed by atoms with E-state index in [2.05, 4.69) is 24.1 Å². The highest BCUT2D eigenvalue weighted by Crippen LogP contribution is 2.32. The predicted octanol–water partition coefficient (Wildman–Crippen LogP) is 4.55. The summed E-state index contributed by atoms with van der Waals surface area (Å²) in [5.41, 5.74) is 1.24. The number of aromatic nitrogens is 1. The summed E-state index contributed by atoms with van der Waals surface area (Å²) in [5, 5.41) is 13.8. The Labute approximate surface area is 138 Å². The van der Waals surface area contributed by atoms with Crippen molar-refractivity contribution in [3.8, 4) is 5.75 Å². The van der Waals surface area contributed by atoms with Gasteiger partial charge in [-0.2, -0.15) is 0 Å². The first-order valence-electron chi connectivity index (χ1n) is 6.77. The van der Waals surface area contributed by atoms with Crippen molar-refractivity contribution >= 4 is 39.7 Å². The fraction of sp³-hybridized carbons (Fsp3) is 0.333. The van der Waals surface area contributed by atoms with Crippen molar-refractivity contribution < 1.29 is 9.47 Å². The lowest BCUT2D eigenvalue weighted by molar-refractivity contribution is 0.272. The number of ether oxygens (including phenoxy) is 2. The lowest BCUT2D eigenvalue weighted by Gasteiger charge is -2.13. The molecule has 2 aromatic rings. The lowest BCUT2D eigenvalue weighted by atomic mass is 10.2. The molecule has 7 heteroatoms. The van der Waals surface area contributed by atoms with E-state index in [0.717, 1.165) is 11.4 Å². The van der Waals surface area contributed by atoms with E-state index in [9.17, 15) is 0 Å². The van der Waals surface area contributed by atoms with Crippen molar-refractivity contribution in [3.05, 3.63) is 34.3 Å². The van der Waals surface area contributed by atoms with Crippen molar-refractivity contribution in [2.45, 2.75) is 13.8 Å². The SMILES string of the molecule is COC(=N)c1csc(Nc2cc(Cl)ccc2OCC(C)C)n1. The second-order valence-electron chi connectivity index (χ2n) is 5.04. The third kappa shape index (κ3) is 4.35. The normalized spacial score (nSPS) is 10.6. The average Bonchev–Trinajstić information content (AvgIpc) is 2.94. The summed E-state index contributed by atoms with van der Waals surface area (Å²) in [7, 11) is 1.45. The molecule has 1 aromatic heterocycles. The summed E-state index contributed by atoms with van der Waals surface area (Å²) < 4.78 is 10.7. The largest absolute Gasteiger partial charge is 0.491 e. The van der Waals surface area contributed by atoms with E-state index in [1.165, 1.54) is 18.4 Å². The molecule has 0 unspecified atom stereocenters. The summed E-state index contributed by atoms with van der Waals surface area (Å²) in [6, 6.07) is 5.41. The second kappa shape index (κ2) is 7.47. The monoisotopic (exact) mass is 339 g/mol. The van der Waals surface area contributed by atoms with Crippen LogP contribution in [-0.4, -0.2) is 24.6 Å². The topological polar surface area (TPSA) is 67.2 Å². The molecule has 0 aliphatic carbocycles. The molecular formula is C15H18ClN3O2S. The number of nitrogens with zero attached hydrogens (tertiary/aromatic N) is 1. The van der Waals surface area contributed by atoms with Crippen molar-refractivity contribution in [1.82, 2.24) is 4.98 Å². The summed E-state index contributed by atoms with van der Waals surface area (Å²) in [5.74, 6) is 1.18. The van der Waals surface area contributed by atoms with Gasteiger partial charge in [0.1, 0.15) is 11.4 Å². The van der Waals surface area contributed by atoms with E-state index >= 15 is 0 Å². The minimum atomic E-state index is 0.0340. The zero-order chi connectivity index (χ0) is 16.1. The van der Waals surface area contributed by atoms with Crippen LogP contribution in [0.4, 0.5) is 10.8 Å². The molecule has 0 aliphatic heterocycles. The van der Waals surface area contributed by atoms with Gasteiger partial charge in [-0.1, -0.05) is 25.4 Å². The molecule has 0 bridgehead atoms. The molecule has 0 radical (unpaired) electrons. The molecule has 1 aromatic carbocycles. The van der Waals surface area contributed by atoms with Crippen LogP contribution in [-0.2, 0) is 4.74 Å². The van der Waals surface area contributed by atoms with Crippen LogP contribution in [0.5, 0.6) is 5.75 Å². The van der Waals surface area contributed by atoms with Crippen LogP contribution in [0.1, 0.15) is 19.5 Å². The number of rotatable bonds is 6. The zero-order valence-corrected chi connectivity index (χ0v) is 14.2. The molecule has 2 rings (SSSR count). The molecular weight excluding hydrogens is 322 g/mol. The van der Waals surface area contributed by atoms with Crippen LogP contribution in [0.15, 0.2) is 23.6 Å². The highest BCUT2D eigenvalue weighted by atomic mass is 35.5. The van der Waals surface area contributed by atoms with E-state index in [0.29, 0.717) is 28.4 Å². The van der Waals surface area contributed by atoms with Crippen LogP contribution in [0.3, 0.4) is 0 Å². The molecule has 1 heterocycles. The molecule has 0 aliphatic rings. The third-order valence-electron chi connectivity index (χ3n) is 2.70. The van der Waals surface area contributed by atoms with Gasteiger partial charge in [-0.05, 0) is 24.1 Å². The van der Waals surface area contributed by atoms with Gasteiger partial charge in [-0.3, -0.25) is 5.41 Å². The minimum Gasteiger partial charge on any atom is -0.491 e. The maximum atomic E-state index is 7.61. The van der Waals surface area contributed by atoms with Gasteiger partial charge >= 0.3 is 0 Å². The maximum absolute atomic E-state index is 7.61. The van der Waals surface area contributed by atoms with Gasteiger partial charge in [0.15, 0.2) is 5.13 Å². The smallest absolute Gasteiger partial charge is 0.233 e. The number of halogens is 1. The van der Waals surface area contributed by atoms with Crippen LogP contribution < -0.4 is 10.1 Å².